The van der Waals surface area contributed by atoms with Gasteiger partial charge in [0, 0.05) is 24.1 Å². The highest BCUT2D eigenvalue weighted by atomic mass is 32.2. The van der Waals surface area contributed by atoms with E-state index in [9.17, 15) is 0 Å². The molecule has 22 heavy (non-hydrogen) atoms. The third kappa shape index (κ3) is 2.51. The second-order valence-corrected chi connectivity index (χ2v) is 6.31. The molecular formula is C17H18N4S. The molecule has 0 fully saturated rings. The molecule has 0 N–H and O–H groups in total. The van der Waals surface area contributed by atoms with Gasteiger partial charge in [-0.3, -0.25) is 0 Å². The summed E-state index contributed by atoms with van der Waals surface area (Å²) >= 11 is 1.60. The Morgan fingerprint density at radius 2 is 2.18 bits per heavy atom. The smallest absolute Gasteiger partial charge is 0.170 e. The molecule has 0 aliphatic heterocycles. The van der Waals surface area contributed by atoms with Crippen molar-refractivity contribution in [3.63, 3.8) is 0 Å². The highest BCUT2D eigenvalue weighted by Gasteiger charge is 2.14. The zero-order valence-corrected chi connectivity index (χ0v) is 13.8. The van der Waals surface area contributed by atoms with Crippen LogP contribution in [0.3, 0.4) is 0 Å². The van der Waals surface area contributed by atoms with Crippen LogP contribution in [0.25, 0.3) is 16.7 Å². The van der Waals surface area contributed by atoms with Gasteiger partial charge in [0.2, 0.25) is 0 Å². The molecule has 0 unspecified atom stereocenters. The molecule has 0 spiro atoms. The monoisotopic (exact) mass is 310 g/mol. The van der Waals surface area contributed by atoms with E-state index in [1.165, 1.54) is 0 Å². The van der Waals surface area contributed by atoms with E-state index in [0.29, 0.717) is 11.8 Å². The van der Waals surface area contributed by atoms with Gasteiger partial charge in [0.05, 0.1) is 16.8 Å². The standard InChI is InChI=1S/C17H18N4S/c1-5-10-22-17-19-15-7-6-14(20-9-8-18-13(20)4)11-16(15)21(17)12(2)3/h1,6-9,11-12H,10H2,2-4H3. The number of fused-ring (bicyclic) bond motifs is 1. The van der Waals surface area contributed by atoms with Gasteiger partial charge < -0.3 is 9.13 Å². The quantitative estimate of drug-likeness (QED) is 0.542. The molecular weight excluding hydrogens is 292 g/mol. The minimum absolute atomic E-state index is 0.324. The highest BCUT2D eigenvalue weighted by Crippen LogP contribution is 2.29. The maximum Gasteiger partial charge on any atom is 0.170 e. The molecule has 0 amide bonds. The van der Waals surface area contributed by atoms with E-state index >= 15 is 0 Å². The van der Waals surface area contributed by atoms with E-state index in [1.807, 2.05) is 19.3 Å². The molecule has 0 bridgehead atoms. The Morgan fingerprint density at radius 3 is 2.82 bits per heavy atom. The normalized spacial score (nSPS) is 11.2. The van der Waals surface area contributed by atoms with Crippen LogP contribution < -0.4 is 0 Å². The first-order chi connectivity index (χ1) is 10.6. The van der Waals surface area contributed by atoms with Crippen molar-refractivity contribution < 1.29 is 0 Å². The molecule has 4 nitrogen and oxygen atoms in total. The lowest BCUT2D eigenvalue weighted by Gasteiger charge is -2.13. The molecule has 1 aromatic carbocycles. The fourth-order valence-corrected chi connectivity index (χ4v) is 3.39. The van der Waals surface area contributed by atoms with Crippen LogP contribution in [0.15, 0.2) is 35.7 Å². The first kappa shape index (κ1) is 14.7. The molecule has 2 aromatic heterocycles. The second-order valence-electron chi connectivity index (χ2n) is 5.37. The maximum atomic E-state index is 5.38. The number of imidazole rings is 2. The van der Waals surface area contributed by atoms with Crippen LogP contribution in [0.4, 0.5) is 0 Å². The van der Waals surface area contributed by atoms with E-state index in [0.717, 1.165) is 27.7 Å². The Kier molecular flexibility index (Phi) is 3.95. The van der Waals surface area contributed by atoms with Crippen molar-refractivity contribution in [2.45, 2.75) is 32.0 Å². The van der Waals surface area contributed by atoms with E-state index in [-0.39, 0.29) is 0 Å². The van der Waals surface area contributed by atoms with Gasteiger partial charge in [0.15, 0.2) is 5.16 Å². The lowest BCUT2D eigenvalue weighted by Crippen LogP contribution is -2.03. The Bertz CT molecular complexity index is 851. The average Bonchev–Trinajstić information content (AvgIpc) is 3.07. The van der Waals surface area contributed by atoms with Crippen molar-refractivity contribution >= 4 is 22.8 Å². The average molecular weight is 310 g/mol. The first-order valence-corrected chi connectivity index (χ1v) is 8.19. The molecule has 0 atom stereocenters. The Labute approximate surface area is 134 Å². The molecule has 0 aliphatic carbocycles. The van der Waals surface area contributed by atoms with Crippen LogP contribution in [0.5, 0.6) is 0 Å². The molecule has 5 heteroatoms. The second kappa shape index (κ2) is 5.90. The van der Waals surface area contributed by atoms with Gasteiger partial charge in [-0.15, -0.1) is 6.42 Å². The predicted octanol–water partition coefficient (Wildman–Crippen LogP) is 3.84. The predicted molar refractivity (Wildman–Crippen MR) is 91.5 cm³/mol. The summed E-state index contributed by atoms with van der Waals surface area (Å²) in [7, 11) is 0. The van der Waals surface area contributed by atoms with Gasteiger partial charge in [-0.1, -0.05) is 17.7 Å². The van der Waals surface area contributed by atoms with E-state index in [4.69, 9.17) is 11.4 Å². The molecule has 3 aromatic rings. The zero-order chi connectivity index (χ0) is 15.7. The molecule has 112 valence electrons. The molecule has 0 aliphatic rings. The van der Waals surface area contributed by atoms with E-state index in [1.54, 1.807) is 11.8 Å². The number of nitrogens with zero attached hydrogens (tertiary/aromatic N) is 4. The molecule has 2 heterocycles. The summed E-state index contributed by atoms with van der Waals surface area (Å²) in [5.41, 5.74) is 3.22. The van der Waals surface area contributed by atoms with Crippen LogP contribution in [0.1, 0.15) is 25.7 Å². The van der Waals surface area contributed by atoms with Crippen LogP contribution in [0.2, 0.25) is 0 Å². The summed E-state index contributed by atoms with van der Waals surface area (Å²) in [4.78, 5) is 9.01. The number of rotatable bonds is 4. The van der Waals surface area contributed by atoms with E-state index < -0.39 is 0 Å². The minimum atomic E-state index is 0.324. The van der Waals surface area contributed by atoms with Crippen molar-refractivity contribution in [2.24, 2.45) is 0 Å². The van der Waals surface area contributed by atoms with Crippen LogP contribution in [-0.2, 0) is 0 Å². The summed E-state index contributed by atoms with van der Waals surface area (Å²) < 4.78 is 4.32. The fourth-order valence-electron chi connectivity index (χ4n) is 2.57. The van der Waals surface area contributed by atoms with E-state index in [2.05, 4.69) is 52.1 Å². The summed E-state index contributed by atoms with van der Waals surface area (Å²) in [6.45, 7) is 6.32. The Morgan fingerprint density at radius 1 is 1.36 bits per heavy atom. The number of benzene rings is 1. The van der Waals surface area contributed by atoms with Gasteiger partial charge in [-0.2, -0.15) is 0 Å². The van der Waals surface area contributed by atoms with Gasteiger partial charge in [-0.05, 0) is 39.0 Å². The van der Waals surface area contributed by atoms with Crippen LogP contribution in [0, 0.1) is 19.3 Å². The number of aryl methyl sites for hydroxylation is 1. The minimum Gasteiger partial charge on any atom is -0.316 e. The molecule has 0 saturated carbocycles. The summed E-state index contributed by atoms with van der Waals surface area (Å²) in [5.74, 6) is 4.26. The van der Waals surface area contributed by atoms with Gasteiger partial charge in [0.1, 0.15) is 5.82 Å². The third-order valence-corrected chi connectivity index (χ3v) is 4.40. The topological polar surface area (TPSA) is 35.6 Å². The van der Waals surface area contributed by atoms with Gasteiger partial charge >= 0.3 is 0 Å². The fraction of sp³-hybridized carbons (Fsp3) is 0.294. The lowest BCUT2D eigenvalue weighted by atomic mass is 10.2. The van der Waals surface area contributed by atoms with Crippen molar-refractivity contribution in [3.8, 4) is 18.0 Å². The number of aromatic nitrogens is 4. The Hall–Kier alpha value is -2.19. The summed E-state index contributed by atoms with van der Waals surface area (Å²) in [6, 6.07) is 6.62. The van der Waals surface area contributed by atoms with Crippen molar-refractivity contribution in [2.75, 3.05) is 5.75 Å². The number of thioether (sulfide) groups is 1. The van der Waals surface area contributed by atoms with Crippen molar-refractivity contribution in [1.29, 1.82) is 0 Å². The van der Waals surface area contributed by atoms with Crippen molar-refractivity contribution in [3.05, 3.63) is 36.4 Å². The SMILES string of the molecule is C#CCSc1nc2ccc(-n3ccnc3C)cc2n1C(C)C. The number of hydrogen-bond acceptors (Lipinski definition) is 3. The van der Waals surface area contributed by atoms with Gasteiger partial charge in [0.25, 0.3) is 0 Å². The third-order valence-electron chi connectivity index (χ3n) is 3.55. The van der Waals surface area contributed by atoms with Crippen LogP contribution in [-0.4, -0.2) is 24.9 Å². The van der Waals surface area contributed by atoms with Crippen molar-refractivity contribution in [1.82, 2.24) is 19.1 Å². The Balaban J connectivity index is 2.16. The summed E-state index contributed by atoms with van der Waals surface area (Å²) in [6.07, 6.45) is 9.17. The largest absolute Gasteiger partial charge is 0.316 e. The maximum absolute atomic E-state index is 5.38. The number of hydrogen-bond donors (Lipinski definition) is 0. The first-order valence-electron chi connectivity index (χ1n) is 7.20. The van der Waals surface area contributed by atoms with Crippen LogP contribution >= 0.6 is 11.8 Å². The zero-order valence-electron chi connectivity index (χ0n) is 12.9. The lowest BCUT2D eigenvalue weighted by molar-refractivity contribution is 0.566. The highest BCUT2D eigenvalue weighted by molar-refractivity contribution is 7.99. The number of terminal acetylenes is 1. The summed E-state index contributed by atoms with van der Waals surface area (Å²) in [5, 5.41) is 0.974. The van der Waals surface area contributed by atoms with Gasteiger partial charge in [-0.25, -0.2) is 9.97 Å². The molecule has 3 rings (SSSR count). The molecule has 0 saturated heterocycles. The molecule has 0 radical (unpaired) electrons.